The molecular formula is C13H15N3O3S. The first-order valence-corrected chi connectivity index (χ1v) is 7.29. The van der Waals surface area contributed by atoms with Crippen molar-refractivity contribution in [1.82, 2.24) is 10.2 Å². The molecule has 20 heavy (non-hydrogen) atoms. The van der Waals surface area contributed by atoms with Crippen LogP contribution in [0, 0.1) is 6.92 Å². The van der Waals surface area contributed by atoms with E-state index in [1.807, 2.05) is 18.2 Å². The highest BCUT2D eigenvalue weighted by molar-refractivity contribution is 7.99. The average molecular weight is 293 g/mol. The number of nitrogens with two attached hydrogens (primary N) is 1. The van der Waals surface area contributed by atoms with E-state index in [1.165, 1.54) is 11.8 Å². The maximum Gasteiger partial charge on any atom is 0.276 e. The van der Waals surface area contributed by atoms with E-state index in [9.17, 15) is 0 Å². The fraction of sp³-hybridized carbons (Fsp3) is 0.385. The number of benzene rings is 1. The van der Waals surface area contributed by atoms with Gasteiger partial charge in [-0.15, -0.1) is 10.2 Å². The lowest BCUT2D eigenvalue weighted by atomic mass is 10.1. The minimum Gasteiger partial charge on any atom is -0.486 e. The van der Waals surface area contributed by atoms with Gasteiger partial charge in [0.25, 0.3) is 5.22 Å². The third kappa shape index (κ3) is 2.88. The molecule has 0 radical (unpaired) electrons. The zero-order valence-electron chi connectivity index (χ0n) is 11.0. The second kappa shape index (κ2) is 5.72. The first kappa shape index (κ1) is 13.3. The summed E-state index contributed by atoms with van der Waals surface area (Å²) < 4.78 is 16.3. The lowest BCUT2D eigenvalue weighted by Gasteiger charge is -2.20. The summed E-state index contributed by atoms with van der Waals surface area (Å²) in [6, 6.07) is 5.64. The molecule has 0 aliphatic carbocycles. The molecule has 0 saturated carbocycles. The van der Waals surface area contributed by atoms with Crippen LogP contribution in [0.3, 0.4) is 0 Å². The predicted molar refractivity (Wildman–Crippen MR) is 74.1 cm³/mol. The molecule has 1 aliphatic rings. The molecule has 3 rings (SSSR count). The molecule has 1 aliphatic heterocycles. The molecule has 2 aromatic rings. The summed E-state index contributed by atoms with van der Waals surface area (Å²) in [7, 11) is 0. The van der Waals surface area contributed by atoms with Crippen molar-refractivity contribution < 1.29 is 13.9 Å². The van der Waals surface area contributed by atoms with Crippen LogP contribution in [0.1, 0.15) is 17.5 Å². The molecule has 0 bridgehead atoms. The standard InChI is InChI=1S/C13H15N3O3S/c1-8-15-16-13(19-8)20-7-10(14)9-2-3-11-12(6-9)18-5-4-17-11/h2-3,6,10H,4-5,7,14H2,1H3. The van der Waals surface area contributed by atoms with Crippen LogP contribution in [0.5, 0.6) is 11.5 Å². The van der Waals surface area contributed by atoms with Gasteiger partial charge in [0.05, 0.1) is 0 Å². The van der Waals surface area contributed by atoms with Crippen LogP contribution in [0.15, 0.2) is 27.8 Å². The molecule has 106 valence electrons. The third-order valence-electron chi connectivity index (χ3n) is 2.89. The van der Waals surface area contributed by atoms with Crippen LogP contribution in [-0.2, 0) is 0 Å². The van der Waals surface area contributed by atoms with E-state index >= 15 is 0 Å². The number of hydrogen-bond acceptors (Lipinski definition) is 7. The number of fused-ring (bicyclic) bond motifs is 1. The van der Waals surface area contributed by atoms with Crippen LogP contribution < -0.4 is 15.2 Å². The van der Waals surface area contributed by atoms with E-state index in [0.717, 1.165) is 17.1 Å². The average Bonchev–Trinajstić information content (AvgIpc) is 2.90. The van der Waals surface area contributed by atoms with Crippen molar-refractivity contribution in [3.05, 3.63) is 29.7 Å². The second-order valence-electron chi connectivity index (χ2n) is 4.41. The Balaban J connectivity index is 1.66. The Bertz CT molecular complexity index is 602. The maximum absolute atomic E-state index is 6.18. The number of ether oxygens (including phenoxy) is 2. The van der Waals surface area contributed by atoms with Crippen LogP contribution in [0.25, 0.3) is 0 Å². The molecule has 0 fully saturated rings. The largest absolute Gasteiger partial charge is 0.486 e. The minimum atomic E-state index is -0.136. The molecule has 1 atom stereocenters. The lowest BCUT2D eigenvalue weighted by molar-refractivity contribution is 0.171. The van der Waals surface area contributed by atoms with Crippen molar-refractivity contribution in [2.75, 3.05) is 19.0 Å². The van der Waals surface area contributed by atoms with Crippen molar-refractivity contribution in [1.29, 1.82) is 0 Å². The van der Waals surface area contributed by atoms with Gasteiger partial charge in [-0.05, 0) is 17.7 Å². The van der Waals surface area contributed by atoms with Gasteiger partial charge in [0, 0.05) is 18.7 Å². The summed E-state index contributed by atoms with van der Waals surface area (Å²) >= 11 is 1.44. The van der Waals surface area contributed by atoms with Crippen molar-refractivity contribution in [3.8, 4) is 11.5 Å². The number of hydrogen-bond donors (Lipinski definition) is 1. The topological polar surface area (TPSA) is 83.4 Å². The predicted octanol–water partition coefficient (Wildman–Crippen LogP) is 1.94. The highest BCUT2D eigenvalue weighted by Gasteiger charge is 2.15. The smallest absolute Gasteiger partial charge is 0.276 e. The Kier molecular flexibility index (Phi) is 3.79. The summed E-state index contributed by atoms with van der Waals surface area (Å²) in [5.74, 6) is 2.73. The van der Waals surface area contributed by atoms with E-state index in [2.05, 4.69) is 10.2 Å². The van der Waals surface area contributed by atoms with Gasteiger partial charge in [-0.2, -0.15) is 0 Å². The summed E-state index contributed by atoms with van der Waals surface area (Å²) in [4.78, 5) is 0. The molecular weight excluding hydrogens is 278 g/mol. The molecule has 6 nitrogen and oxygen atoms in total. The Morgan fingerprint density at radius 2 is 2.05 bits per heavy atom. The third-order valence-corrected chi connectivity index (χ3v) is 3.83. The highest BCUT2D eigenvalue weighted by atomic mass is 32.2. The number of aryl methyl sites for hydroxylation is 1. The first-order valence-electron chi connectivity index (χ1n) is 6.30. The van der Waals surface area contributed by atoms with Gasteiger partial charge in [-0.1, -0.05) is 17.8 Å². The minimum absolute atomic E-state index is 0.136. The Hall–Kier alpha value is -1.73. The monoisotopic (exact) mass is 293 g/mol. The van der Waals surface area contributed by atoms with E-state index < -0.39 is 0 Å². The van der Waals surface area contributed by atoms with Gasteiger partial charge in [-0.25, -0.2) is 0 Å². The van der Waals surface area contributed by atoms with Crippen LogP contribution in [-0.4, -0.2) is 29.2 Å². The molecule has 1 aromatic carbocycles. The molecule has 2 heterocycles. The van der Waals surface area contributed by atoms with Gasteiger partial charge in [0.2, 0.25) is 5.89 Å². The summed E-state index contributed by atoms with van der Waals surface area (Å²) in [5.41, 5.74) is 7.17. The van der Waals surface area contributed by atoms with E-state index in [-0.39, 0.29) is 6.04 Å². The van der Waals surface area contributed by atoms with Crippen LogP contribution in [0.4, 0.5) is 0 Å². The summed E-state index contributed by atoms with van der Waals surface area (Å²) in [6.45, 7) is 2.92. The summed E-state index contributed by atoms with van der Waals surface area (Å²) in [5, 5.41) is 8.25. The first-order chi connectivity index (χ1) is 9.72. The molecule has 0 saturated heterocycles. The van der Waals surface area contributed by atoms with Gasteiger partial charge in [0.1, 0.15) is 13.2 Å². The normalized spacial score (nSPS) is 15.1. The van der Waals surface area contributed by atoms with Crippen molar-refractivity contribution >= 4 is 11.8 Å². The van der Waals surface area contributed by atoms with E-state index in [0.29, 0.717) is 30.1 Å². The van der Waals surface area contributed by atoms with Crippen LogP contribution >= 0.6 is 11.8 Å². The molecule has 0 spiro atoms. The van der Waals surface area contributed by atoms with Crippen molar-refractivity contribution in [2.24, 2.45) is 5.73 Å². The van der Waals surface area contributed by atoms with Gasteiger partial charge < -0.3 is 19.6 Å². The lowest BCUT2D eigenvalue weighted by Crippen LogP contribution is -2.17. The zero-order valence-corrected chi connectivity index (χ0v) is 11.9. The van der Waals surface area contributed by atoms with Crippen molar-refractivity contribution in [2.45, 2.75) is 18.2 Å². The fourth-order valence-corrected chi connectivity index (χ4v) is 2.68. The summed E-state index contributed by atoms with van der Waals surface area (Å²) in [6.07, 6.45) is 0. The maximum atomic E-state index is 6.18. The van der Waals surface area contributed by atoms with Gasteiger partial charge in [-0.3, -0.25) is 0 Å². The number of rotatable bonds is 4. The second-order valence-corrected chi connectivity index (χ2v) is 5.38. The SMILES string of the molecule is Cc1nnc(SCC(N)c2ccc3c(c2)OCCO3)o1. The molecule has 7 heteroatoms. The molecule has 1 aromatic heterocycles. The van der Waals surface area contributed by atoms with E-state index in [1.54, 1.807) is 6.92 Å². The fourth-order valence-electron chi connectivity index (χ4n) is 1.88. The Labute approximate surface area is 120 Å². The zero-order chi connectivity index (χ0) is 13.9. The number of thioether (sulfide) groups is 1. The molecule has 2 N–H and O–H groups in total. The molecule has 0 amide bonds. The quantitative estimate of drug-likeness (QED) is 0.862. The van der Waals surface area contributed by atoms with Gasteiger partial charge >= 0.3 is 0 Å². The number of aromatic nitrogens is 2. The Morgan fingerprint density at radius 1 is 1.25 bits per heavy atom. The highest BCUT2D eigenvalue weighted by Crippen LogP contribution is 2.33. The van der Waals surface area contributed by atoms with Gasteiger partial charge in [0.15, 0.2) is 11.5 Å². The van der Waals surface area contributed by atoms with E-state index in [4.69, 9.17) is 19.6 Å². The molecule has 1 unspecified atom stereocenters. The van der Waals surface area contributed by atoms with Crippen LogP contribution in [0.2, 0.25) is 0 Å². The number of nitrogens with zero attached hydrogens (tertiary/aromatic N) is 2. The Morgan fingerprint density at radius 3 is 2.80 bits per heavy atom. The van der Waals surface area contributed by atoms with Crippen molar-refractivity contribution in [3.63, 3.8) is 0 Å².